The van der Waals surface area contributed by atoms with Crippen LogP contribution in [0, 0.1) is 6.92 Å². The van der Waals surface area contributed by atoms with Gasteiger partial charge in [0.15, 0.2) is 0 Å². The summed E-state index contributed by atoms with van der Waals surface area (Å²) in [6.45, 7) is 9.57. The molecule has 1 aromatic heterocycles. The van der Waals surface area contributed by atoms with Gasteiger partial charge in [-0.3, -0.25) is 0 Å². The molecule has 0 saturated heterocycles. The van der Waals surface area contributed by atoms with Crippen LogP contribution < -0.4 is 10.2 Å². The molecule has 1 aliphatic rings. The minimum absolute atomic E-state index is 0.150. The van der Waals surface area contributed by atoms with Crippen molar-refractivity contribution in [3.8, 4) is 0 Å². The van der Waals surface area contributed by atoms with Crippen LogP contribution in [0.5, 0.6) is 0 Å². The Balaban J connectivity index is 2.10. The van der Waals surface area contributed by atoms with Crippen molar-refractivity contribution in [2.45, 2.75) is 65.1 Å². The highest BCUT2D eigenvalue weighted by atomic mass is 15.2. The minimum Gasteiger partial charge on any atom is -0.357 e. The molecule has 1 aliphatic carbocycles. The average molecular weight is 261 g/mol. The van der Waals surface area contributed by atoms with Crippen LogP contribution in [-0.4, -0.2) is 23.6 Å². The van der Waals surface area contributed by atoms with E-state index in [9.17, 15) is 0 Å². The standard InChI is InChI=1S/C16H27N3/c1-12-9-13(11-17-16(2,3)4)10-15(18-12)19(5)14-7-6-8-14/h9-10,14,17H,6-8,11H2,1-5H3. The Bertz CT molecular complexity index is 430. The van der Waals surface area contributed by atoms with Crippen molar-refractivity contribution < 1.29 is 0 Å². The summed E-state index contributed by atoms with van der Waals surface area (Å²) < 4.78 is 0. The molecule has 2 rings (SSSR count). The second-order valence-corrected chi connectivity index (χ2v) is 6.77. The van der Waals surface area contributed by atoms with E-state index in [4.69, 9.17) is 0 Å². The van der Waals surface area contributed by atoms with Crippen molar-refractivity contribution in [3.05, 3.63) is 23.4 Å². The first-order valence-corrected chi connectivity index (χ1v) is 7.30. The van der Waals surface area contributed by atoms with E-state index in [-0.39, 0.29) is 5.54 Å². The zero-order valence-electron chi connectivity index (χ0n) is 13.0. The summed E-state index contributed by atoms with van der Waals surface area (Å²) in [5.41, 5.74) is 2.58. The van der Waals surface area contributed by atoms with E-state index in [2.05, 4.69) is 62.1 Å². The summed E-state index contributed by atoms with van der Waals surface area (Å²) in [6.07, 6.45) is 3.97. The number of anilines is 1. The third kappa shape index (κ3) is 3.93. The Morgan fingerprint density at radius 1 is 1.32 bits per heavy atom. The van der Waals surface area contributed by atoms with Gasteiger partial charge >= 0.3 is 0 Å². The number of pyridine rings is 1. The van der Waals surface area contributed by atoms with Gasteiger partial charge in [-0.05, 0) is 64.7 Å². The number of nitrogens with one attached hydrogen (secondary N) is 1. The number of aryl methyl sites for hydroxylation is 1. The predicted molar refractivity (Wildman–Crippen MR) is 81.6 cm³/mol. The number of nitrogens with zero attached hydrogens (tertiary/aromatic N) is 2. The van der Waals surface area contributed by atoms with Crippen molar-refractivity contribution in [3.63, 3.8) is 0 Å². The lowest BCUT2D eigenvalue weighted by atomic mass is 9.92. The monoisotopic (exact) mass is 261 g/mol. The molecule has 1 aromatic rings. The van der Waals surface area contributed by atoms with Gasteiger partial charge in [0, 0.05) is 30.9 Å². The molecule has 0 aliphatic heterocycles. The Kier molecular flexibility index (Phi) is 4.14. The molecule has 106 valence electrons. The van der Waals surface area contributed by atoms with Gasteiger partial charge in [0.05, 0.1) is 0 Å². The van der Waals surface area contributed by atoms with Gasteiger partial charge in [-0.25, -0.2) is 4.98 Å². The molecule has 1 fully saturated rings. The van der Waals surface area contributed by atoms with Crippen LogP contribution in [0.25, 0.3) is 0 Å². The number of hydrogen-bond donors (Lipinski definition) is 1. The van der Waals surface area contributed by atoms with E-state index in [1.807, 2.05) is 0 Å². The Hall–Kier alpha value is -1.09. The highest BCUT2D eigenvalue weighted by Crippen LogP contribution is 2.27. The van der Waals surface area contributed by atoms with Gasteiger partial charge in [0.1, 0.15) is 5.82 Å². The van der Waals surface area contributed by atoms with Gasteiger partial charge < -0.3 is 10.2 Å². The summed E-state index contributed by atoms with van der Waals surface area (Å²) in [7, 11) is 2.17. The lowest BCUT2D eigenvalue weighted by molar-refractivity contribution is 0.398. The lowest BCUT2D eigenvalue weighted by Crippen LogP contribution is -2.38. The zero-order chi connectivity index (χ0) is 14.0. The van der Waals surface area contributed by atoms with Gasteiger partial charge in [-0.1, -0.05) is 0 Å². The fraction of sp³-hybridized carbons (Fsp3) is 0.688. The first kappa shape index (κ1) is 14.3. The maximum atomic E-state index is 4.68. The molecule has 1 saturated carbocycles. The molecule has 0 aromatic carbocycles. The van der Waals surface area contributed by atoms with Crippen LogP contribution in [0.1, 0.15) is 51.3 Å². The van der Waals surface area contributed by atoms with Crippen molar-refractivity contribution in [1.82, 2.24) is 10.3 Å². The second-order valence-electron chi connectivity index (χ2n) is 6.77. The molecule has 0 bridgehead atoms. The highest BCUT2D eigenvalue weighted by molar-refractivity contribution is 5.43. The SMILES string of the molecule is Cc1cc(CNC(C)(C)C)cc(N(C)C2CCC2)n1. The summed E-state index contributed by atoms with van der Waals surface area (Å²) in [5.74, 6) is 1.12. The van der Waals surface area contributed by atoms with Crippen molar-refractivity contribution in [1.29, 1.82) is 0 Å². The van der Waals surface area contributed by atoms with E-state index < -0.39 is 0 Å². The number of aromatic nitrogens is 1. The van der Waals surface area contributed by atoms with E-state index >= 15 is 0 Å². The predicted octanol–water partition coefficient (Wildman–Crippen LogP) is 3.27. The molecule has 0 amide bonds. The van der Waals surface area contributed by atoms with E-state index in [1.165, 1.54) is 24.8 Å². The molecular formula is C16H27N3. The normalized spacial score (nSPS) is 16.3. The summed E-state index contributed by atoms with van der Waals surface area (Å²) in [5, 5.41) is 3.54. The average Bonchev–Trinajstić information content (AvgIpc) is 2.22. The largest absolute Gasteiger partial charge is 0.357 e. The Labute approximate surface area is 117 Å². The Morgan fingerprint density at radius 3 is 2.53 bits per heavy atom. The molecule has 1 N–H and O–H groups in total. The molecular weight excluding hydrogens is 234 g/mol. The molecule has 0 radical (unpaired) electrons. The quantitative estimate of drug-likeness (QED) is 0.901. The maximum absolute atomic E-state index is 4.68. The van der Waals surface area contributed by atoms with Gasteiger partial charge in [-0.15, -0.1) is 0 Å². The molecule has 0 unspecified atom stereocenters. The fourth-order valence-corrected chi connectivity index (χ4v) is 2.33. The summed E-state index contributed by atoms with van der Waals surface area (Å²) in [4.78, 5) is 7.02. The summed E-state index contributed by atoms with van der Waals surface area (Å²) in [6, 6.07) is 5.10. The van der Waals surface area contributed by atoms with Gasteiger partial charge in [0.25, 0.3) is 0 Å². The van der Waals surface area contributed by atoms with Crippen molar-refractivity contribution >= 4 is 5.82 Å². The first-order chi connectivity index (χ1) is 8.85. The van der Waals surface area contributed by atoms with Crippen molar-refractivity contribution in [2.24, 2.45) is 0 Å². The molecule has 0 spiro atoms. The minimum atomic E-state index is 0.150. The van der Waals surface area contributed by atoms with E-state index in [0.717, 1.165) is 18.1 Å². The zero-order valence-corrected chi connectivity index (χ0v) is 13.0. The lowest BCUT2D eigenvalue weighted by Gasteiger charge is -2.36. The Morgan fingerprint density at radius 2 is 2.00 bits per heavy atom. The maximum Gasteiger partial charge on any atom is 0.129 e. The van der Waals surface area contributed by atoms with Crippen LogP contribution in [0.2, 0.25) is 0 Å². The highest BCUT2D eigenvalue weighted by Gasteiger charge is 2.23. The molecule has 19 heavy (non-hydrogen) atoms. The number of rotatable bonds is 4. The molecule has 3 heteroatoms. The topological polar surface area (TPSA) is 28.2 Å². The van der Waals surface area contributed by atoms with Crippen LogP contribution in [-0.2, 0) is 6.54 Å². The molecule has 3 nitrogen and oxygen atoms in total. The fourth-order valence-electron chi connectivity index (χ4n) is 2.33. The smallest absolute Gasteiger partial charge is 0.129 e. The first-order valence-electron chi connectivity index (χ1n) is 7.30. The van der Waals surface area contributed by atoms with Crippen molar-refractivity contribution in [2.75, 3.05) is 11.9 Å². The second kappa shape index (κ2) is 5.49. The van der Waals surface area contributed by atoms with Crippen LogP contribution >= 0.6 is 0 Å². The van der Waals surface area contributed by atoms with Crippen LogP contribution in [0.4, 0.5) is 5.82 Å². The van der Waals surface area contributed by atoms with Crippen LogP contribution in [0.15, 0.2) is 12.1 Å². The third-order valence-electron chi connectivity index (χ3n) is 3.81. The molecule has 0 atom stereocenters. The van der Waals surface area contributed by atoms with E-state index in [0.29, 0.717) is 6.04 Å². The molecule has 1 heterocycles. The number of hydrogen-bond acceptors (Lipinski definition) is 3. The summed E-state index contributed by atoms with van der Waals surface area (Å²) >= 11 is 0. The van der Waals surface area contributed by atoms with Gasteiger partial charge in [-0.2, -0.15) is 0 Å². The van der Waals surface area contributed by atoms with E-state index in [1.54, 1.807) is 0 Å². The van der Waals surface area contributed by atoms with Gasteiger partial charge in [0.2, 0.25) is 0 Å². The third-order valence-corrected chi connectivity index (χ3v) is 3.81. The van der Waals surface area contributed by atoms with Crippen LogP contribution in [0.3, 0.4) is 0 Å².